The van der Waals surface area contributed by atoms with Gasteiger partial charge in [-0.3, -0.25) is 0 Å². The van der Waals surface area contributed by atoms with Crippen molar-refractivity contribution < 1.29 is 14.6 Å². The molecule has 0 aliphatic heterocycles. The molecule has 0 aliphatic carbocycles. The molecule has 0 aliphatic rings. The van der Waals surface area contributed by atoms with Gasteiger partial charge in [0, 0.05) is 6.42 Å². The van der Waals surface area contributed by atoms with Gasteiger partial charge in [0.25, 0.3) is 0 Å². The molecule has 0 bridgehead atoms. The molecule has 1 atom stereocenters. The van der Waals surface area contributed by atoms with Crippen LogP contribution in [0.4, 0.5) is 0 Å². The topological polar surface area (TPSA) is 62.5 Å². The lowest BCUT2D eigenvalue weighted by molar-refractivity contribution is 0.168. The number of nitriles is 1. The van der Waals surface area contributed by atoms with E-state index >= 15 is 0 Å². The van der Waals surface area contributed by atoms with Gasteiger partial charge in [-0.2, -0.15) is 5.26 Å². The minimum atomic E-state index is -0.639. The van der Waals surface area contributed by atoms with Gasteiger partial charge >= 0.3 is 0 Å². The fourth-order valence-corrected chi connectivity index (χ4v) is 1.43. The Kier molecular flexibility index (Phi) is 4.62. The van der Waals surface area contributed by atoms with E-state index in [9.17, 15) is 5.11 Å². The molecule has 0 saturated heterocycles. The number of methoxy groups -OCH3 is 2. The van der Waals surface area contributed by atoms with Crippen LogP contribution in [0.5, 0.6) is 11.5 Å². The summed E-state index contributed by atoms with van der Waals surface area (Å²) in [5.41, 5.74) is 0.730. The quantitative estimate of drug-likeness (QED) is 0.826. The first kappa shape index (κ1) is 12.3. The van der Waals surface area contributed by atoms with Crippen LogP contribution in [0.3, 0.4) is 0 Å². The predicted octanol–water partition coefficient (Wildman–Crippen LogP) is 2.04. The summed E-state index contributed by atoms with van der Waals surface area (Å²) in [6.45, 7) is 0. The number of ether oxygens (including phenoxy) is 2. The number of nitrogens with zero attached hydrogens (tertiary/aromatic N) is 1. The van der Waals surface area contributed by atoms with Crippen LogP contribution in [0.1, 0.15) is 24.5 Å². The van der Waals surface area contributed by atoms with Crippen molar-refractivity contribution in [3.8, 4) is 17.6 Å². The Labute approximate surface area is 95.0 Å². The van der Waals surface area contributed by atoms with Crippen LogP contribution >= 0.6 is 0 Å². The largest absolute Gasteiger partial charge is 0.493 e. The van der Waals surface area contributed by atoms with Gasteiger partial charge in [0.1, 0.15) is 0 Å². The SMILES string of the molecule is COc1ccc(C(O)CCC#N)cc1OC. The van der Waals surface area contributed by atoms with Gasteiger partial charge in [-0.25, -0.2) is 0 Å². The van der Waals surface area contributed by atoms with Crippen molar-refractivity contribution >= 4 is 0 Å². The average molecular weight is 221 g/mol. The van der Waals surface area contributed by atoms with Crippen molar-refractivity contribution in [2.24, 2.45) is 0 Å². The molecule has 1 unspecified atom stereocenters. The van der Waals surface area contributed by atoms with E-state index < -0.39 is 6.10 Å². The van der Waals surface area contributed by atoms with Crippen LogP contribution in [0.25, 0.3) is 0 Å². The molecule has 4 nitrogen and oxygen atoms in total. The zero-order chi connectivity index (χ0) is 12.0. The minimum absolute atomic E-state index is 0.329. The highest BCUT2D eigenvalue weighted by molar-refractivity contribution is 5.43. The summed E-state index contributed by atoms with van der Waals surface area (Å²) >= 11 is 0. The minimum Gasteiger partial charge on any atom is -0.493 e. The normalized spacial score (nSPS) is 11.6. The van der Waals surface area contributed by atoms with E-state index in [1.165, 1.54) is 0 Å². The maximum atomic E-state index is 9.79. The molecule has 0 aromatic heterocycles. The molecule has 0 saturated carbocycles. The second kappa shape index (κ2) is 5.99. The molecule has 1 rings (SSSR count). The molecule has 0 fully saturated rings. The standard InChI is InChI=1S/C12H15NO3/c1-15-11-6-5-9(8-12(11)16-2)10(14)4-3-7-13/h5-6,8,10,14H,3-4H2,1-2H3. The number of hydrogen-bond acceptors (Lipinski definition) is 4. The lowest BCUT2D eigenvalue weighted by Crippen LogP contribution is -1.99. The zero-order valence-electron chi connectivity index (χ0n) is 9.43. The van der Waals surface area contributed by atoms with Crippen molar-refractivity contribution in [1.82, 2.24) is 0 Å². The lowest BCUT2D eigenvalue weighted by Gasteiger charge is -2.12. The van der Waals surface area contributed by atoms with Gasteiger partial charge in [0.15, 0.2) is 11.5 Å². The van der Waals surface area contributed by atoms with Gasteiger partial charge in [-0.1, -0.05) is 6.07 Å². The Morgan fingerprint density at radius 1 is 1.31 bits per heavy atom. The van der Waals surface area contributed by atoms with Gasteiger partial charge in [-0.15, -0.1) is 0 Å². The second-order valence-electron chi connectivity index (χ2n) is 3.33. The smallest absolute Gasteiger partial charge is 0.161 e. The summed E-state index contributed by atoms with van der Waals surface area (Å²) in [6.07, 6.45) is 0.112. The van der Waals surface area contributed by atoms with E-state index in [1.807, 2.05) is 6.07 Å². The maximum Gasteiger partial charge on any atom is 0.161 e. The van der Waals surface area contributed by atoms with Crippen molar-refractivity contribution in [3.05, 3.63) is 23.8 Å². The number of aliphatic hydroxyl groups is 1. The fourth-order valence-electron chi connectivity index (χ4n) is 1.43. The zero-order valence-corrected chi connectivity index (χ0v) is 9.43. The van der Waals surface area contributed by atoms with Gasteiger partial charge in [-0.05, 0) is 24.1 Å². The summed E-state index contributed by atoms with van der Waals surface area (Å²) in [7, 11) is 3.10. The molecule has 86 valence electrons. The van der Waals surface area contributed by atoms with E-state index in [1.54, 1.807) is 32.4 Å². The number of aliphatic hydroxyl groups excluding tert-OH is 1. The third-order valence-corrected chi connectivity index (χ3v) is 2.32. The Hall–Kier alpha value is -1.73. The van der Waals surface area contributed by atoms with Crippen LogP contribution in [0.15, 0.2) is 18.2 Å². The molecular weight excluding hydrogens is 206 g/mol. The summed E-state index contributed by atoms with van der Waals surface area (Å²) < 4.78 is 10.2. The molecule has 0 amide bonds. The van der Waals surface area contributed by atoms with E-state index in [4.69, 9.17) is 14.7 Å². The van der Waals surface area contributed by atoms with E-state index in [2.05, 4.69) is 0 Å². The molecule has 1 aromatic rings. The van der Waals surface area contributed by atoms with Crippen molar-refractivity contribution in [1.29, 1.82) is 5.26 Å². The Balaban J connectivity index is 2.86. The second-order valence-corrected chi connectivity index (χ2v) is 3.33. The molecule has 1 N–H and O–H groups in total. The predicted molar refractivity (Wildman–Crippen MR) is 59.4 cm³/mol. The Morgan fingerprint density at radius 3 is 2.56 bits per heavy atom. The van der Waals surface area contributed by atoms with Crippen molar-refractivity contribution in [2.75, 3.05) is 14.2 Å². The number of rotatable bonds is 5. The molecule has 4 heteroatoms. The highest BCUT2D eigenvalue weighted by Crippen LogP contribution is 2.30. The number of benzene rings is 1. The van der Waals surface area contributed by atoms with Gasteiger partial charge in [0.2, 0.25) is 0 Å². The highest BCUT2D eigenvalue weighted by atomic mass is 16.5. The summed E-state index contributed by atoms with van der Waals surface area (Å²) in [5, 5.41) is 18.2. The maximum absolute atomic E-state index is 9.79. The monoisotopic (exact) mass is 221 g/mol. The molecule has 16 heavy (non-hydrogen) atoms. The average Bonchev–Trinajstić information content (AvgIpc) is 2.34. The van der Waals surface area contributed by atoms with Crippen LogP contribution in [-0.2, 0) is 0 Å². The van der Waals surface area contributed by atoms with Crippen LogP contribution in [-0.4, -0.2) is 19.3 Å². The summed E-state index contributed by atoms with van der Waals surface area (Å²) in [5.74, 6) is 1.20. The van der Waals surface area contributed by atoms with Crippen LogP contribution < -0.4 is 9.47 Å². The van der Waals surface area contributed by atoms with Crippen molar-refractivity contribution in [3.63, 3.8) is 0 Å². The van der Waals surface area contributed by atoms with Gasteiger partial charge < -0.3 is 14.6 Å². The van der Waals surface area contributed by atoms with Gasteiger partial charge in [0.05, 0.1) is 26.4 Å². The Bertz CT molecular complexity index is 384. The molecule has 1 aromatic carbocycles. The van der Waals surface area contributed by atoms with E-state index in [-0.39, 0.29) is 0 Å². The Morgan fingerprint density at radius 2 is 2.00 bits per heavy atom. The van der Waals surface area contributed by atoms with E-state index in [0.717, 1.165) is 5.56 Å². The molecule has 0 heterocycles. The number of hydrogen-bond donors (Lipinski definition) is 1. The first-order valence-corrected chi connectivity index (χ1v) is 5.00. The first-order chi connectivity index (χ1) is 7.72. The molecular formula is C12H15NO3. The lowest BCUT2D eigenvalue weighted by atomic mass is 10.0. The van der Waals surface area contributed by atoms with E-state index in [0.29, 0.717) is 24.3 Å². The highest BCUT2D eigenvalue weighted by Gasteiger charge is 2.11. The third-order valence-electron chi connectivity index (χ3n) is 2.32. The third kappa shape index (κ3) is 2.88. The summed E-state index contributed by atoms with van der Waals surface area (Å²) in [4.78, 5) is 0. The first-order valence-electron chi connectivity index (χ1n) is 5.00. The molecule has 0 radical (unpaired) electrons. The van der Waals surface area contributed by atoms with Crippen molar-refractivity contribution in [2.45, 2.75) is 18.9 Å². The van der Waals surface area contributed by atoms with Crippen LogP contribution in [0.2, 0.25) is 0 Å². The summed E-state index contributed by atoms with van der Waals surface area (Å²) in [6, 6.07) is 7.23. The van der Waals surface area contributed by atoms with Crippen LogP contribution in [0, 0.1) is 11.3 Å². The molecule has 0 spiro atoms. The fraction of sp³-hybridized carbons (Fsp3) is 0.417.